The van der Waals surface area contributed by atoms with Crippen LogP contribution in [-0.4, -0.2) is 158 Å². The van der Waals surface area contributed by atoms with E-state index in [2.05, 4.69) is 19.9 Å². The quantitative estimate of drug-likeness (QED) is 0.0719. The van der Waals surface area contributed by atoms with E-state index in [4.69, 9.17) is 59.8 Å². The fraction of sp³-hybridized carbons (Fsp3) is 0. The molecule has 17 rings (SSSR count). The summed E-state index contributed by atoms with van der Waals surface area (Å²) in [7, 11) is -29.4. The zero-order chi connectivity index (χ0) is 68.4. The van der Waals surface area contributed by atoms with Crippen molar-refractivity contribution in [1.29, 1.82) is 0 Å². The molecule has 10 heterocycles. The first-order valence-electron chi connectivity index (χ1n) is 27.8. The zero-order valence-electron chi connectivity index (χ0n) is 47.9. The highest BCUT2D eigenvalue weighted by atomic mass is 32.2. The number of nitrogens with one attached hydrogen (secondary N) is 4. The smallest absolute Gasteiger partial charge is 0.294 e. The third-order valence-electron chi connectivity index (χ3n) is 16.4. The van der Waals surface area contributed by atoms with Crippen LogP contribution in [0.1, 0.15) is 0 Å². The van der Waals surface area contributed by atoms with Gasteiger partial charge in [0.15, 0.2) is 46.6 Å². The predicted molar refractivity (Wildman–Crippen MR) is 345 cm³/mol. The summed E-state index contributed by atoms with van der Waals surface area (Å²) in [4.78, 5) is 66.9. The van der Waals surface area contributed by atoms with Crippen LogP contribution in [0, 0.1) is 0 Å². The van der Waals surface area contributed by atoms with Crippen LogP contribution in [0.15, 0.2) is 151 Å². The van der Waals surface area contributed by atoms with Gasteiger partial charge in [-0.05, 0) is 121 Å². The van der Waals surface area contributed by atoms with E-state index in [0.717, 1.165) is 72.8 Å². The highest BCUT2D eigenvalue weighted by Gasteiger charge is 2.30. The van der Waals surface area contributed by atoms with Crippen LogP contribution in [0.3, 0.4) is 0 Å². The van der Waals surface area contributed by atoms with E-state index in [-0.39, 0.29) is 179 Å². The first kappa shape index (κ1) is 60.4. The standard InChI is InChI=1S/C58H30N16O18S6/c75-93(76,77)21-1-7-27-33(13-21)49-59-43(27)61-51-35-15-23(95(81,82)83)3-9-29(35)47(65-51)69-55-39-19-40-42(20-41(39)57(73-55)71-53-37-17-25(97(87,88)89)5-11-31(37)45(63-49)67-53)58-72-54-38-18-26(98(90,91)92)6-12-32(38)46(68-54)64-50-34-14-22(94(78,79)80)2-8-28(34)44(60-50)62-52-36-16-24(96(84,85)86)4-10-30(36)48(66-52)70-56(40)74-58/h1-20H,(H,75,76,77)(H,78,79,80)(H,81,82,83)(H,84,85,86)(H,87,88,89)(H,90,91,92)(H2,59,61,63,65,67,69,71,73)(H2,60,62,64,66,68,70,72,74). The third-order valence-corrected chi connectivity index (χ3v) is 21.5. The van der Waals surface area contributed by atoms with Crippen LogP contribution in [0.2, 0.25) is 0 Å². The number of rotatable bonds is 6. The number of nitrogens with zero attached hydrogens (tertiary/aromatic N) is 12. The van der Waals surface area contributed by atoms with Gasteiger partial charge in [0.25, 0.3) is 60.7 Å². The summed E-state index contributed by atoms with van der Waals surface area (Å²) >= 11 is 0. The predicted octanol–water partition coefficient (Wildman–Crippen LogP) is 7.53. The minimum atomic E-state index is -4.93. The zero-order valence-corrected chi connectivity index (χ0v) is 52.8. The van der Waals surface area contributed by atoms with Crippen LogP contribution >= 0.6 is 0 Å². The molecule has 0 saturated heterocycles. The Labute approximate surface area is 545 Å². The Kier molecular flexibility index (Phi) is 12.4. The van der Waals surface area contributed by atoms with E-state index in [1.807, 2.05) is 0 Å². The fourth-order valence-corrected chi connectivity index (χ4v) is 15.0. The summed E-state index contributed by atoms with van der Waals surface area (Å²) < 4.78 is 214. The van der Waals surface area contributed by atoms with Crippen LogP contribution < -0.4 is 0 Å². The minimum Gasteiger partial charge on any atom is -0.324 e. The molecular weight excluding hydrogens is 1400 g/mol. The first-order chi connectivity index (χ1) is 46.2. The average molecular weight is 1430 g/mol. The Morgan fingerprint density at radius 2 is 0.367 bits per heavy atom. The van der Waals surface area contributed by atoms with E-state index in [9.17, 15) is 77.8 Å². The molecule has 4 aliphatic heterocycles. The second kappa shape index (κ2) is 20.2. The second-order valence-electron chi connectivity index (χ2n) is 22.3. The average Bonchev–Trinajstić information content (AvgIpc) is 1.62. The van der Waals surface area contributed by atoms with Gasteiger partial charge in [-0.15, -0.1) is 0 Å². The van der Waals surface area contributed by atoms with Gasteiger partial charge in [-0.2, -0.15) is 50.5 Å². The van der Waals surface area contributed by atoms with Gasteiger partial charge in [0.2, 0.25) is 0 Å². The van der Waals surface area contributed by atoms with Crippen molar-refractivity contribution in [3.05, 3.63) is 121 Å². The lowest BCUT2D eigenvalue weighted by molar-refractivity contribution is 0.481. The van der Waals surface area contributed by atoms with Gasteiger partial charge in [-0.1, -0.05) is 0 Å². The summed E-state index contributed by atoms with van der Waals surface area (Å²) in [6.07, 6.45) is 0. The van der Waals surface area contributed by atoms with Crippen molar-refractivity contribution in [2.24, 2.45) is 0 Å². The van der Waals surface area contributed by atoms with Crippen molar-refractivity contribution < 1.29 is 77.8 Å². The number of fused-ring (bicyclic) bond motifs is 40. The maximum Gasteiger partial charge on any atom is 0.294 e. The molecular formula is C58H30N16O18S6. The van der Waals surface area contributed by atoms with Crippen molar-refractivity contribution in [1.82, 2.24) is 79.7 Å². The number of hydrogen-bond acceptors (Lipinski definition) is 24. The highest BCUT2D eigenvalue weighted by molar-refractivity contribution is 7.87. The number of hydrogen-bond donors (Lipinski definition) is 10. The molecule has 4 aliphatic rings. The van der Waals surface area contributed by atoms with E-state index in [0.29, 0.717) is 0 Å². The van der Waals surface area contributed by atoms with Crippen LogP contribution in [-0.2, 0) is 60.7 Å². The largest absolute Gasteiger partial charge is 0.324 e. The van der Waals surface area contributed by atoms with Crippen molar-refractivity contribution >= 4 is 149 Å². The number of aromatic nitrogens is 16. The Bertz CT molecular complexity index is 6730. The normalized spacial score (nSPS) is 13.3. The van der Waals surface area contributed by atoms with Crippen molar-refractivity contribution in [2.45, 2.75) is 29.4 Å². The monoisotopic (exact) mass is 1430 g/mol. The van der Waals surface area contributed by atoms with Crippen molar-refractivity contribution in [2.75, 3.05) is 0 Å². The molecule has 0 atom stereocenters. The number of H-pyrrole nitrogens is 4. The molecule has 0 spiro atoms. The Hall–Kier alpha value is -11.3. The van der Waals surface area contributed by atoms with Crippen molar-refractivity contribution in [3.8, 4) is 91.1 Å². The third kappa shape index (κ3) is 9.76. The van der Waals surface area contributed by atoms with Gasteiger partial charge >= 0.3 is 0 Å². The van der Waals surface area contributed by atoms with Crippen molar-refractivity contribution in [3.63, 3.8) is 0 Å². The lowest BCUT2D eigenvalue weighted by Gasteiger charge is -2.02. The lowest BCUT2D eigenvalue weighted by atomic mass is 10.1. The molecule has 0 amide bonds. The molecule has 7 aromatic carbocycles. The molecule has 6 aromatic heterocycles. The second-order valence-corrected chi connectivity index (χ2v) is 30.8. The molecule has 16 bridgehead atoms. The van der Waals surface area contributed by atoms with E-state index in [1.54, 1.807) is 12.1 Å². The van der Waals surface area contributed by atoms with Crippen LogP contribution in [0.4, 0.5) is 0 Å². The number of benzene rings is 7. The van der Waals surface area contributed by atoms with Crippen LogP contribution in [0.5, 0.6) is 0 Å². The highest BCUT2D eigenvalue weighted by Crippen LogP contribution is 2.43. The van der Waals surface area contributed by atoms with Gasteiger partial charge in [-0.3, -0.25) is 27.3 Å². The van der Waals surface area contributed by atoms with E-state index < -0.39 is 90.1 Å². The molecule has 13 aromatic rings. The topological polar surface area (TPSA) is 544 Å². The van der Waals surface area contributed by atoms with E-state index >= 15 is 0 Å². The molecule has 10 N–H and O–H groups in total. The van der Waals surface area contributed by atoms with E-state index in [1.165, 1.54) is 36.4 Å². The summed E-state index contributed by atoms with van der Waals surface area (Å²) in [6.45, 7) is 0. The van der Waals surface area contributed by atoms with Gasteiger partial charge in [0.1, 0.15) is 45.2 Å². The first-order valence-corrected chi connectivity index (χ1v) is 36.4. The maximum absolute atomic E-state index is 12.8. The van der Waals surface area contributed by atoms with Gasteiger partial charge in [0, 0.05) is 87.6 Å². The molecule has 34 nitrogen and oxygen atoms in total. The molecule has 98 heavy (non-hydrogen) atoms. The summed E-state index contributed by atoms with van der Waals surface area (Å²) in [5, 5.41) is 1.06. The Morgan fingerprint density at radius 1 is 0.194 bits per heavy atom. The molecule has 486 valence electrons. The molecule has 0 fully saturated rings. The maximum atomic E-state index is 12.8. The molecule has 0 unspecified atom stereocenters. The Morgan fingerprint density at radius 3 is 0.582 bits per heavy atom. The van der Waals surface area contributed by atoms with Crippen LogP contribution in [0.25, 0.3) is 179 Å². The fourth-order valence-electron chi connectivity index (χ4n) is 11.9. The van der Waals surface area contributed by atoms with Gasteiger partial charge < -0.3 is 19.9 Å². The lowest BCUT2D eigenvalue weighted by Crippen LogP contribution is -1.98. The van der Waals surface area contributed by atoms with Gasteiger partial charge in [-0.25, -0.2) is 59.8 Å². The SMILES string of the molecule is O=S(=O)(O)c1ccc2c(c1)-c1nc-2nc2[nH]c(nc3nc(nc4[nH]c(n1)c1ccc(S(=O)(=O)O)cc41)-c1ccc(S(=O)(=O)O)cc1-3)c1cc3c4nc5nc(nc6[nH]c(nc7nc(nc([nH]4)c3cc21)-c1ccc(S(=O)(=O)O)cc1-7)c1ccc(S(=O)(=O)O)cc61)-c1ccc(S(=O)(=O)O)cc1-5. The Balaban J connectivity index is 1.04. The summed E-state index contributed by atoms with van der Waals surface area (Å²) in [5.74, 6) is -1.59. The molecule has 0 radical (unpaired) electrons. The number of aromatic amines is 4. The van der Waals surface area contributed by atoms with Gasteiger partial charge in [0.05, 0.1) is 29.4 Å². The minimum absolute atomic E-state index is 0.00620. The molecule has 0 saturated carbocycles. The summed E-state index contributed by atoms with van der Waals surface area (Å²) in [6, 6.07) is 23.8. The molecule has 40 heteroatoms. The molecule has 0 aliphatic carbocycles. The summed E-state index contributed by atoms with van der Waals surface area (Å²) in [5.41, 5.74) is -0.284.